The molecule has 29 heavy (non-hydrogen) atoms. The number of ether oxygens (including phenoxy) is 1. The molecule has 2 heterocycles. The lowest BCUT2D eigenvalue weighted by Crippen LogP contribution is -2.11. The highest BCUT2D eigenvalue weighted by Crippen LogP contribution is 2.36. The molecule has 150 valence electrons. The molecular formula is C20H17F3N4O2. The molecule has 2 aromatic heterocycles. The third-order valence-corrected chi connectivity index (χ3v) is 4.72. The molecule has 0 spiro atoms. The van der Waals surface area contributed by atoms with Gasteiger partial charge in [-0.15, -0.1) is 0 Å². The van der Waals surface area contributed by atoms with Gasteiger partial charge in [0.1, 0.15) is 12.1 Å². The summed E-state index contributed by atoms with van der Waals surface area (Å²) in [5.41, 5.74) is 0.973. The minimum Gasteiger partial charge on any atom is -0.504 e. The van der Waals surface area contributed by atoms with Gasteiger partial charge in [0.15, 0.2) is 17.1 Å². The molecule has 6 nitrogen and oxygen atoms in total. The molecule has 0 amide bonds. The SMILES string of the molecule is COc1cc2c(cc1O)c(N[C@H](C)c1cccc(C(F)(F)F)c1)nc1cncn12. The number of aromatic nitrogens is 3. The lowest BCUT2D eigenvalue weighted by Gasteiger charge is -2.19. The van der Waals surface area contributed by atoms with E-state index in [9.17, 15) is 18.3 Å². The monoisotopic (exact) mass is 402 g/mol. The van der Waals surface area contributed by atoms with Crippen molar-refractivity contribution in [2.24, 2.45) is 0 Å². The van der Waals surface area contributed by atoms with Crippen LogP contribution in [0.25, 0.3) is 16.6 Å². The second-order valence-electron chi connectivity index (χ2n) is 6.61. The molecule has 0 saturated heterocycles. The number of imidazole rings is 1. The van der Waals surface area contributed by atoms with Crippen LogP contribution in [0.2, 0.25) is 0 Å². The number of anilines is 1. The number of phenolic OH excluding ortho intramolecular Hbond substituents is 1. The Morgan fingerprint density at radius 1 is 1.21 bits per heavy atom. The van der Waals surface area contributed by atoms with Gasteiger partial charge in [0, 0.05) is 17.5 Å². The first-order chi connectivity index (χ1) is 13.8. The third-order valence-electron chi connectivity index (χ3n) is 4.72. The molecule has 0 radical (unpaired) electrons. The van der Waals surface area contributed by atoms with Crippen LogP contribution >= 0.6 is 0 Å². The zero-order chi connectivity index (χ0) is 20.8. The summed E-state index contributed by atoms with van der Waals surface area (Å²) in [6.07, 6.45) is -1.26. The van der Waals surface area contributed by atoms with Gasteiger partial charge in [-0.05, 0) is 30.7 Å². The lowest BCUT2D eigenvalue weighted by atomic mass is 10.0. The number of benzene rings is 2. The van der Waals surface area contributed by atoms with E-state index in [0.717, 1.165) is 12.1 Å². The Kier molecular flexibility index (Phi) is 4.45. The number of nitrogens with zero attached hydrogens (tertiary/aromatic N) is 3. The average Bonchev–Trinajstić information content (AvgIpc) is 3.15. The normalized spacial score (nSPS) is 13.0. The highest BCUT2D eigenvalue weighted by molar-refractivity contribution is 5.94. The summed E-state index contributed by atoms with van der Waals surface area (Å²) >= 11 is 0. The van der Waals surface area contributed by atoms with Gasteiger partial charge >= 0.3 is 6.18 Å². The second-order valence-corrected chi connectivity index (χ2v) is 6.61. The predicted octanol–water partition coefficient (Wildman–Crippen LogP) is 4.79. The van der Waals surface area contributed by atoms with Crippen LogP contribution in [0.5, 0.6) is 11.5 Å². The molecule has 0 saturated carbocycles. The second kappa shape index (κ2) is 6.84. The molecule has 0 fully saturated rings. The Morgan fingerprint density at radius 2 is 2.00 bits per heavy atom. The van der Waals surface area contributed by atoms with Crippen LogP contribution < -0.4 is 10.1 Å². The number of methoxy groups -OCH3 is 1. The topological polar surface area (TPSA) is 71.7 Å². The molecule has 1 atom stereocenters. The third kappa shape index (κ3) is 3.39. The van der Waals surface area contributed by atoms with Crippen LogP contribution in [0.15, 0.2) is 48.9 Å². The fraction of sp³-hybridized carbons (Fsp3) is 0.200. The predicted molar refractivity (Wildman–Crippen MR) is 102 cm³/mol. The van der Waals surface area contributed by atoms with Gasteiger partial charge in [-0.1, -0.05) is 12.1 Å². The number of aromatic hydroxyl groups is 1. The Hall–Kier alpha value is -3.49. The van der Waals surface area contributed by atoms with Crippen LogP contribution in [0, 0.1) is 0 Å². The van der Waals surface area contributed by atoms with E-state index in [1.54, 1.807) is 36.0 Å². The van der Waals surface area contributed by atoms with E-state index in [0.29, 0.717) is 27.9 Å². The van der Waals surface area contributed by atoms with E-state index in [1.165, 1.54) is 19.2 Å². The Balaban J connectivity index is 1.80. The van der Waals surface area contributed by atoms with Crippen molar-refractivity contribution < 1.29 is 23.0 Å². The maximum Gasteiger partial charge on any atom is 0.416 e. The average molecular weight is 402 g/mol. The van der Waals surface area contributed by atoms with Gasteiger partial charge < -0.3 is 15.2 Å². The summed E-state index contributed by atoms with van der Waals surface area (Å²) in [6, 6.07) is 7.82. The zero-order valence-corrected chi connectivity index (χ0v) is 15.5. The van der Waals surface area contributed by atoms with E-state index in [1.807, 2.05) is 0 Å². The summed E-state index contributed by atoms with van der Waals surface area (Å²) in [4.78, 5) is 8.60. The van der Waals surface area contributed by atoms with Crippen LogP contribution in [0.3, 0.4) is 0 Å². The molecule has 0 aliphatic rings. The van der Waals surface area contributed by atoms with Crippen molar-refractivity contribution >= 4 is 22.4 Å². The lowest BCUT2D eigenvalue weighted by molar-refractivity contribution is -0.137. The van der Waals surface area contributed by atoms with E-state index >= 15 is 0 Å². The molecule has 0 bridgehead atoms. The van der Waals surface area contributed by atoms with Crippen molar-refractivity contribution in [3.63, 3.8) is 0 Å². The molecular weight excluding hydrogens is 385 g/mol. The minimum absolute atomic E-state index is 0.0731. The van der Waals surface area contributed by atoms with Crippen molar-refractivity contribution in [3.05, 3.63) is 60.0 Å². The number of fused-ring (bicyclic) bond motifs is 3. The molecule has 2 N–H and O–H groups in total. The molecule has 4 rings (SSSR count). The fourth-order valence-electron chi connectivity index (χ4n) is 3.22. The smallest absolute Gasteiger partial charge is 0.416 e. The first-order valence-electron chi connectivity index (χ1n) is 8.74. The van der Waals surface area contributed by atoms with E-state index < -0.39 is 17.8 Å². The number of hydrogen-bond acceptors (Lipinski definition) is 5. The highest BCUT2D eigenvalue weighted by Gasteiger charge is 2.30. The van der Waals surface area contributed by atoms with Crippen molar-refractivity contribution in [1.29, 1.82) is 0 Å². The fourth-order valence-corrected chi connectivity index (χ4v) is 3.22. The van der Waals surface area contributed by atoms with E-state index in [-0.39, 0.29) is 11.5 Å². The van der Waals surface area contributed by atoms with Crippen LogP contribution in [0.1, 0.15) is 24.1 Å². The summed E-state index contributed by atoms with van der Waals surface area (Å²) in [5, 5.41) is 13.9. The Bertz CT molecular complexity index is 1200. The summed E-state index contributed by atoms with van der Waals surface area (Å²) in [7, 11) is 1.45. The molecule has 2 aromatic carbocycles. The molecule has 9 heteroatoms. The largest absolute Gasteiger partial charge is 0.504 e. The maximum absolute atomic E-state index is 13.0. The molecule has 0 aliphatic carbocycles. The quantitative estimate of drug-likeness (QED) is 0.514. The van der Waals surface area contributed by atoms with Gasteiger partial charge in [0.25, 0.3) is 0 Å². The molecule has 4 aromatic rings. The van der Waals surface area contributed by atoms with Gasteiger partial charge in [-0.3, -0.25) is 4.40 Å². The van der Waals surface area contributed by atoms with Crippen molar-refractivity contribution in [2.75, 3.05) is 12.4 Å². The summed E-state index contributed by atoms with van der Waals surface area (Å²) < 4.78 is 46.0. The highest BCUT2D eigenvalue weighted by atomic mass is 19.4. The zero-order valence-electron chi connectivity index (χ0n) is 15.5. The van der Waals surface area contributed by atoms with E-state index in [4.69, 9.17) is 4.74 Å². The van der Waals surface area contributed by atoms with Gasteiger partial charge in [-0.2, -0.15) is 13.2 Å². The van der Waals surface area contributed by atoms with E-state index in [2.05, 4.69) is 15.3 Å². The first kappa shape index (κ1) is 18.9. The van der Waals surface area contributed by atoms with Crippen LogP contribution in [-0.4, -0.2) is 26.6 Å². The van der Waals surface area contributed by atoms with Crippen molar-refractivity contribution in [3.8, 4) is 11.5 Å². The van der Waals surface area contributed by atoms with Gasteiger partial charge in [0.05, 0.1) is 24.4 Å². The number of hydrogen-bond donors (Lipinski definition) is 2. The first-order valence-corrected chi connectivity index (χ1v) is 8.74. The van der Waals surface area contributed by atoms with Crippen LogP contribution in [0.4, 0.5) is 19.0 Å². The van der Waals surface area contributed by atoms with Gasteiger partial charge in [-0.25, -0.2) is 9.97 Å². The molecule has 0 aliphatic heterocycles. The summed E-state index contributed by atoms with van der Waals surface area (Å²) in [5.74, 6) is 0.627. The number of rotatable bonds is 4. The molecule has 0 unspecified atom stereocenters. The van der Waals surface area contributed by atoms with Crippen LogP contribution in [-0.2, 0) is 6.18 Å². The minimum atomic E-state index is -4.42. The maximum atomic E-state index is 13.0. The van der Waals surface area contributed by atoms with Gasteiger partial charge in [0.2, 0.25) is 0 Å². The summed E-state index contributed by atoms with van der Waals surface area (Å²) in [6.45, 7) is 1.74. The Morgan fingerprint density at radius 3 is 2.72 bits per heavy atom. The number of nitrogens with one attached hydrogen (secondary N) is 1. The number of halogens is 3. The standard InChI is InChI=1S/C20H17F3N4O2/c1-11(12-4-3-5-13(6-12)20(21,22)23)25-19-14-7-16(28)17(29-2)8-15(14)27-10-24-9-18(27)26-19/h3-11,28H,1-2H3,(H,25,26)/t11-/m1/s1. The van der Waals surface area contributed by atoms with Crippen molar-refractivity contribution in [1.82, 2.24) is 14.4 Å². The number of phenols is 1. The van der Waals surface area contributed by atoms with Crippen molar-refractivity contribution in [2.45, 2.75) is 19.1 Å². The number of alkyl halides is 3. The Labute approximate surface area is 163 Å².